The molecular formula is C13H16F4O. The third-order valence-corrected chi connectivity index (χ3v) is 2.90. The number of aliphatic hydroxyl groups is 1. The highest BCUT2D eigenvalue weighted by Gasteiger charge is 2.30. The fourth-order valence-electron chi connectivity index (χ4n) is 1.94. The number of halogens is 4. The van der Waals surface area contributed by atoms with Crippen molar-refractivity contribution in [2.75, 3.05) is 0 Å². The van der Waals surface area contributed by atoms with E-state index in [-0.39, 0.29) is 12.8 Å². The normalized spacial score (nSPS) is 15.5. The van der Waals surface area contributed by atoms with Gasteiger partial charge in [-0.2, -0.15) is 13.2 Å². The lowest BCUT2D eigenvalue weighted by molar-refractivity contribution is -0.137. The van der Waals surface area contributed by atoms with Gasteiger partial charge in [-0.25, -0.2) is 4.39 Å². The molecule has 1 aromatic rings. The lowest BCUT2D eigenvalue weighted by Gasteiger charge is -2.26. The molecule has 1 aromatic carbocycles. The smallest absolute Gasteiger partial charge is 0.385 e. The van der Waals surface area contributed by atoms with Gasteiger partial charge in [0.2, 0.25) is 0 Å². The Labute approximate surface area is 103 Å². The minimum absolute atomic E-state index is 0.0587. The first-order chi connectivity index (χ1) is 8.12. The summed E-state index contributed by atoms with van der Waals surface area (Å²) >= 11 is 0. The number of hydrogen-bond donors (Lipinski definition) is 1. The Kier molecular flexibility index (Phi) is 4.37. The number of aryl methyl sites for hydroxylation is 1. The molecule has 1 nitrogen and oxygen atoms in total. The van der Waals surface area contributed by atoms with Gasteiger partial charge >= 0.3 is 6.18 Å². The maximum Gasteiger partial charge on any atom is 0.389 e. The lowest BCUT2D eigenvalue weighted by atomic mass is 9.87. The fraction of sp³-hybridized carbons (Fsp3) is 0.538. The second-order valence-corrected chi connectivity index (χ2v) is 4.70. The predicted molar refractivity (Wildman–Crippen MR) is 60.6 cm³/mol. The van der Waals surface area contributed by atoms with Gasteiger partial charge in [0.1, 0.15) is 5.82 Å². The molecule has 0 aromatic heterocycles. The lowest BCUT2D eigenvalue weighted by Crippen LogP contribution is -2.23. The van der Waals surface area contributed by atoms with Crippen molar-refractivity contribution in [3.05, 3.63) is 35.1 Å². The van der Waals surface area contributed by atoms with Crippen molar-refractivity contribution in [3.8, 4) is 0 Å². The third kappa shape index (κ3) is 4.29. The van der Waals surface area contributed by atoms with Crippen LogP contribution < -0.4 is 0 Å². The van der Waals surface area contributed by atoms with Crippen molar-refractivity contribution >= 4 is 0 Å². The average molecular weight is 264 g/mol. The van der Waals surface area contributed by atoms with Gasteiger partial charge in [0.25, 0.3) is 0 Å². The minimum atomic E-state index is -4.23. The molecule has 0 heterocycles. The molecule has 1 rings (SSSR count). The zero-order valence-electron chi connectivity index (χ0n) is 10.3. The summed E-state index contributed by atoms with van der Waals surface area (Å²) in [4.78, 5) is 0. The molecule has 1 unspecified atom stereocenters. The average Bonchev–Trinajstić information content (AvgIpc) is 2.19. The maximum atomic E-state index is 13.1. The van der Waals surface area contributed by atoms with Crippen molar-refractivity contribution in [1.29, 1.82) is 0 Å². The van der Waals surface area contributed by atoms with E-state index in [9.17, 15) is 22.7 Å². The molecule has 0 aliphatic rings. The van der Waals surface area contributed by atoms with Crippen LogP contribution in [0.4, 0.5) is 17.6 Å². The Morgan fingerprint density at radius 2 is 1.78 bits per heavy atom. The second kappa shape index (κ2) is 5.26. The van der Waals surface area contributed by atoms with E-state index in [4.69, 9.17) is 0 Å². The minimum Gasteiger partial charge on any atom is -0.385 e. The van der Waals surface area contributed by atoms with Crippen LogP contribution in [0.5, 0.6) is 0 Å². The van der Waals surface area contributed by atoms with Gasteiger partial charge in [0.05, 0.1) is 5.60 Å². The van der Waals surface area contributed by atoms with Crippen molar-refractivity contribution in [1.82, 2.24) is 0 Å². The van der Waals surface area contributed by atoms with Crippen LogP contribution in [0.15, 0.2) is 18.2 Å². The van der Waals surface area contributed by atoms with E-state index in [2.05, 4.69) is 0 Å². The van der Waals surface area contributed by atoms with Gasteiger partial charge in [0, 0.05) is 6.42 Å². The number of alkyl halides is 3. The molecule has 0 radical (unpaired) electrons. The van der Waals surface area contributed by atoms with Gasteiger partial charge in [-0.1, -0.05) is 6.07 Å². The molecule has 0 amide bonds. The second-order valence-electron chi connectivity index (χ2n) is 4.70. The molecule has 0 saturated carbocycles. The zero-order chi connectivity index (χ0) is 14.0. The Balaban J connectivity index is 2.76. The monoisotopic (exact) mass is 264 g/mol. The van der Waals surface area contributed by atoms with Crippen LogP contribution in [-0.4, -0.2) is 11.3 Å². The molecule has 0 fully saturated rings. The van der Waals surface area contributed by atoms with E-state index < -0.39 is 24.0 Å². The van der Waals surface area contributed by atoms with Gasteiger partial charge in [-0.05, 0) is 49.9 Å². The molecule has 102 valence electrons. The molecule has 1 N–H and O–H groups in total. The molecule has 0 aliphatic heterocycles. The SMILES string of the molecule is Cc1ccc(F)cc1C(C)(O)CCCC(F)(F)F. The number of hydrogen-bond acceptors (Lipinski definition) is 1. The van der Waals surface area contributed by atoms with E-state index in [1.807, 2.05) is 0 Å². The van der Waals surface area contributed by atoms with E-state index in [0.29, 0.717) is 11.1 Å². The highest BCUT2D eigenvalue weighted by Crippen LogP contribution is 2.32. The topological polar surface area (TPSA) is 20.2 Å². The Morgan fingerprint density at radius 1 is 1.17 bits per heavy atom. The standard InChI is InChI=1S/C13H16F4O/c1-9-4-5-10(14)8-11(9)12(2,18)6-3-7-13(15,16)17/h4-5,8,18H,3,6-7H2,1-2H3. The van der Waals surface area contributed by atoms with Gasteiger partial charge < -0.3 is 5.11 Å². The van der Waals surface area contributed by atoms with Crippen LogP contribution in [0, 0.1) is 12.7 Å². The number of benzene rings is 1. The zero-order valence-corrected chi connectivity index (χ0v) is 10.3. The van der Waals surface area contributed by atoms with Crippen LogP contribution in [-0.2, 0) is 5.60 Å². The van der Waals surface area contributed by atoms with Crippen LogP contribution in [0.2, 0.25) is 0 Å². The van der Waals surface area contributed by atoms with E-state index >= 15 is 0 Å². The van der Waals surface area contributed by atoms with Crippen LogP contribution in [0.3, 0.4) is 0 Å². The van der Waals surface area contributed by atoms with Crippen molar-refractivity contribution in [2.24, 2.45) is 0 Å². The van der Waals surface area contributed by atoms with Gasteiger partial charge in [-0.15, -0.1) is 0 Å². The molecule has 18 heavy (non-hydrogen) atoms. The van der Waals surface area contributed by atoms with Crippen molar-refractivity contribution in [3.63, 3.8) is 0 Å². The summed E-state index contributed by atoms with van der Waals surface area (Å²) in [6.45, 7) is 3.10. The third-order valence-electron chi connectivity index (χ3n) is 2.90. The molecule has 0 spiro atoms. The first kappa shape index (κ1) is 15.0. The number of rotatable bonds is 4. The summed E-state index contributed by atoms with van der Waals surface area (Å²) in [6.07, 6.45) is -5.42. The molecular weight excluding hydrogens is 248 g/mol. The van der Waals surface area contributed by atoms with Crippen LogP contribution in [0.25, 0.3) is 0 Å². The molecule has 0 bridgehead atoms. The summed E-state index contributed by atoms with van der Waals surface area (Å²) in [7, 11) is 0. The summed E-state index contributed by atoms with van der Waals surface area (Å²) < 4.78 is 49.2. The summed E-state index contributed by atoms with van der Waals surface area (Å²) in [5.74, 6) is -0.508. The maximum absolute atomic E-state index is 13.1. The van der Waals surface area contributed by atoms with Crippen LogP contribution >= 0.6 is 0 Å². The fourth-order valence-corrected chi connectivity index (χ4v) is 1.94. The van der Waals surface area contributed by atoms with E-state index in [0.717, 1.165) is 0 Å². The summed E-state index contributed by atoms with van der Waals surface area (Å²) in [5, 5.41) is 10.2. The van der Waals surface area contributed by atoms with Crippen molar-refractivity contribution in [2.45, 2.75) is 44.9 Å². The quantitative estimate of drug-likeness (QED) is 0.813. The Bertz CT molecular complexity index is 410. The van der Waals surface area contributed by atoms with Gasteiger partial charge in [-0.3, -0.25) is 0 Å². The first-order valence-corrected chi connectivity index (χ1v) is 5.67. The first-order valence-electron chi connectivity index (χ1n) is 5.67. The Morgan fingerprint density at radius 3 is 2.33 bits per heavy atom. The molecule has 1 atom stereocenters. The highest BCUT2D eigenvalue weighted by atomic mass is 19.4. The van der Waals surface area contributed by atoms with Gasteiger partial charge in [0.15, 0.2) is 0 Å². The summed E-state index contributed by atoms with van der Waals surface area (Å²) in [6, 6.07) is 3.93. The predicted octanol–water partition coefficient (Wildman–Crippen LogP) is 4.07. The molecule has 0 aliphatic carbocycles. The highest BCUT2D eigenvalue weighted by molar-refractivity contribution is 5.31. The van der Waals surface area contributed by atoms with Crippen LogP contribution in [0.1, 0.15) is 37.3 Å². The van der Waals surface area contributed by atoms with E-state index in [1.165, 1.54) is 25.1 Å². The molecule has 5 heteroatoms. The largest absolute Gasteiger partial charge is 0.389 e. The van der Waals surface area contributed by atoms with Crippen molar-refractivity contribution < 1.29 is 22.7 Å². The Hall–Kier alpha value is -1.10. The molecule has 0 saturated heterocycles. The van der Waals surface area contributed by atoms with E-state index in [1.54, 1.807) is 6.92 Å². The summed E-state index contributed by atoms with van der Waals surface area (Å²) in [5.41, 5.74) is -0.449.